The molecule has 0 saturated carbocycles. The number of para-hydroxylation sites is 1. The second-order valence-corrected chi connectivity index (χ2v) is 9.59. The van der Waals surface area contributed by atoms with Crippen LogP contribution in [-0.4, -0.2) is 42.7 Å². The maximum absolute atomic E-state index is 5.00. The molecule has 0 radical (unpaired) electrons. The first-order chi connectivity index (χ1) is 16.8. The number of likely N-dealkylation sites (tertiary alicyclic amines) is 1. The van der Waals surface area contributed by atoms with Gasteiger partial charge in [0.1, 0.15) is 5.82 Å². The van der Waals surface area contributed by atoms with Crippen LogP contribution in [0.25, 0.3) is 22.2 Å². The van der Waals surface area contributed by atoms with Gasteiger partial charge in [-0.1, -0.05) is 48.5 Å². The molecule has 2 aliphatic heterocycles. The lowest BCUT2D eigenvalue weighted by molar-refractivity contribution is 0.252. The van der Waals surface area contributed by atoms with Crippen LogP contribution in [0.4, 0.5) is 0 Å². The third-order valence-electron chi connectivity index (χ3n) is 7.65. The van der Waals surface area contributed by atoms with Crippen molar-refractivity contribution < 1.29 is 0 Å². The molecule has 34 heavy (non-hydrogen) atoms. The smallest absolute Gasteiger partial charge is 0.128 e. The van der Waals surface area contributed by atoms with Crippen molar-refractivity contribution in [2.24, 2.45) is 0 Å². The van der Waals surface area contributed by atoms with Crippen LogP contribution in [-0.2, 0) is 12.0 Å². The van der Waals surface area contributed by atoms with Gasteiger partial charge in [-0.3, -0.25) is 14.6 Å². The maximum Gasteiger partial charge on any atom is 0.128 e. The summed E-state index contributed by atoms with van der Waals surface area (Å²) in [4.78, 5) is 15.3. The summed E-state index contributed by atoms with van der Waals surface area (Å²) in [6.07, 6.45) is 8.01. The van der Waals surface area contributed by atoms with E-state index in [1.54, 1.807) is 0 Å². The summed E-state index contributed by atoms with van der Waals surface area (Å²) in [5.41, 5.74) is 5.91. The largest absolute Gasteiger partial charge is 0.347 e. The minimum absolute atomic E-state index is 0.134. The van der Waals surface area contributed by atoms with Gasteiger partial charge >= 0.3 is 0 Å². The highest BCUT2D eigenvalue weighted by Crippen LogP contribution is 2.46. The lowest BCUT2D eigenvalue weighted by Crippen LogP contribution is -2.33. The number of fused-ring (bicyclic) bond motifs is 3. The van der Waals surface area contributed by atoms with Crippen molar-refractivity contribution in [3.63, 3.8) is 0 Å². The molecule has 2 unspecified atom stereocenters. The Morgan fingerprint density at radius 2 is 1.76 bits per heavy atom. The van der Waals surface area contributed by atoms with Gasteiger partial charge in [0.2, 0.25) is 0 Å². The fourth-order valence-electron chi connectivity index (χ4n) is 5.96. The van der Waals surface area contributed by atoms with Gasteiger partial charge in [-0.05, 0) is 36.6 Å². The molecule has 2 aliphatic rings. The van der Waals surface area contributed by atoms with Crippen molar-refractivity contribution in [3.8, 4) is 11.3 Å². The van der Waals surface area contributed by atoms with Gasteiger partial charge in [0.15, 0.2) is 0 Å². The van der Waals surface area contributed by atoms with Crippen LogP contribution in [0.2, 0.25) is 0 Å². The predicted molar refractivity (Wildman–Crippen MR) is 132 cm³/mol. The summed E-state index contributed by atoms with van der Waals surface area (Å²) < 4.78 is 2.23. The molecule has 2 aromatic carbocycles. The standard InChI is InChI=1S/C28H26N6/c1-2-6-20(7-3-1)26(27-29-12-13-30-27)33-14-10-28(19-33)11-15-34-25(28)17-24(32-34)22-16-21-8-4-5-9-23(21)31-18-22/h1-9,12-13,16-18,26H,10-11,14-15,19H2,(H,29,30). The van der Waals surface area contributed by atoms with Crippen LogP contribution in [0.5, 0.6) is 0 Å². The van der Waals surface area contributed by atoms with Crippen molar-refractivity contribution in [2.45, 2.75) is 30.8 Å². The van der Waals surface area contributed by atoms with Crippen molar-refractivity contribution in [1.29, 1.82) is 0 Å². The van der Waals surface area contributed by atoms with Gasteiger partial charge < -0.3 is 4.98 Å². The molecule has 6 nitrogen and oxygen atoms in total. The summed E-state index contributed by atoms with van der Waals surface area (Å²) in [5, 5.41) is 6.16. The number of imidazole rings is 1. The van der Waals surface area contributed by atoms with Crippen LogP contribution in [0.1, 0.15) is 36.0 Å². The molecule has 0 aliphatic carbocycles. The average Bonchev–Trinajstić information content (AvgIpc) is 3.68. The minimum atomic E-state index is 0.134. The molecule has 5 heterocycles. The third-order valence-corrected chi connectivity index (χ3v) is 7.65. The monoisotopic (exact) mass is 446 g/mol. The molecule has 0 amide bonds. The first-order valence-corrected chi connectivity index (χ1v) is 12.0. The molecular formula is C28H26N6. The Hall–Kier alpha value is -3.77. The van der Waals surface area contributed by atoms with Crippen molar-refractivity contribution >= 4 is 10.9 Å². The number of hydrogen-bond acceptors (Lipinski definition) is 4. The Kier molecular flexibility index (Phi) is 4.42. The number of nitrogens with zero attached hydrogens (tertiary/aromatic N) is 5. The van der Waals surface area contributed by atoms with E-state index < -0.39 is 0 Å². The van der Waals surface area contributed by atoms with E-state index in [-0.39, 0.29) is 11.5 Å². The number of benzene rings is 2. The molecule has 168 valence electrons. The summed E-state index contributed by atoms with van der Waals surface area (Å²) in [6.45, 7) is 3.02. The van der Waals surface area contributed by atoms with Crippen LogP contribution in [0, 0.1) is 0 Å². The molecule has 1 fully saturated rings. The Bertz CT molecular complexity index is 1460. The highest BCUT2D eigenvalue weighted by Gasteiger charge is 2.47. The molecular weight excluding hydrogens is 420 g/mol. The molecule has 0 bridgehead atoms. The van der Waals surface area contributed by atoms with Crippen molar-refractivity contribution in [3.05, 3.63) is 102 Å². The summed E-state index contributed by atoms with van der Waals surface area (Å²) in [7, 11) is 0. The molecule has 1 spiro atoms. The van der Waals surface area contributed by atoms with E-state index in [0.29, 0.717) is 0 Å². The normalized spacial score (nSPS) is 20.8. The topological polar surface area (TPSA) is 62.6 Å². The minimum Gasteiger partial charge on any atom is -0.347 e. The molecule has 5 aromatic rings. The number of aromatic nitrogens is 5. The number of aromatic amines is 1. The highest BCUT2D eigenvalue weighted by atomic mass is 15.3. The number of hydrogen-bond donors (Lipinski definition) is 1. The van der Waals surface area contributed by atoms with Crippen LogP contribution in [0.15, 0.2) is 85.3 Å². The summed E-state index contributed by atoms with van der Waals surface area (Å²) >= 11 is 0. The zero-order chi connectivity index (χ0) is 22.5. The van der Waals surface area contributed by atoms with E-state index in [1.165, 1.54) is 11.3 Å². The fraction of sp³-hybridized carbons (Fsp3) is 0.250. The van der Waals surface area contributed by atoms with E-state index in [1.807, 2.05) is 24.7 Å². The molecule has 7 rings (SSSR count). The van der Waals surface area contributed by atoms with Crippen LogP contribution >= 0.6 is 0 Å². The Balaban J connectivity index is 1.22. The lowest BCUT2D eigenvalue weighted by Gasteiger charge is -2.29. The zero-order valence-corrected chi connectivity index (χ0v) is 18.9. The Labute approximate surface area is 198 Å². The molecule has 6 heteroatoms. The van der Waals surface area contributed by atoms with E-state index in [2.05, 4.69) is 85.2 Å². The second-order valence-electron chi connectivity index (χ2n) is 9.59. The molecule has 1 N–H and O–H groups in total. The second kappa shape index (κ2) is 7.64. The molecule has 1 saturated heterocycles. The number of H-pyrrole nitrogens is 1. The number of pyridine rings is 1. The van der Waals surface area contributed by atoms with E-state index in [0.717, 1.165) is 60.5 Å². The van der Waals surface area contributed by atoms with Gasteiger partial charge in [0.25, 0.3) is 0 Å². The average molecular weight is 447 g/mol. The summed E-state index contributed by atoms with van der Waals surface area (Å²) in [5.74, 6) is 1.01. The SMILES string of the molecule is c1ccc(C(c2ncc[nH]2)N2CCC3(CCn4nc(-c5cnc6ccccc6c5)cc43)C2)cc1. The first kappa shape index (κ1) is 19.7. The zero-order valence-electron chi connectivity index (χ0n) is 18.9. The van der Waals surface area contributed by atoms with E-state index in [9.17, 15) is 0 Å². The summed E-state index contributed by atoms with van der Waals surface area (Å²) in [6, 6.07) is 23.6. The van der Waals surface area contributed by atoms with Crippen LogP contribution < -0.4 is 0 Å². The van der Waals surface area contributed by atoms with Crippen molar-refractivity contribution in [1.82, 2.24) is 29.6 Å². The van der Waals surface area contributed by atoms with Gasteiger partial charge in [-0.25, -0.2) is 4.98 Å². The third kappa shape index (κ3) is 3.10. The maximum atomic E-state index is 5.00. The van der Waals surface area contributed by atoms with E-state index >= 15 is 0 Å². The molecule has 2 atom stereocenters. The van der Waals surface area contributed by atoms with Gasteiger partial charge in [-0.2, -0.15) is 5.10 Å². The van der Waals surface area contributed by atoms with Crippen molar-refractivity contribution in [2.75, 3.05) is 13.1 Å². The quantitative estimate of drug-likeness (QED) is 0.424. The Morgan fingerprint density at radius 1 is 0.912 bits per heavy atom. The van der Waals surface area contributed by atoms with E-state index in [4.69, 9.17) is 5.10 Å². The van der Waals surface area contributed by atoms with Gasteiger partial charge in [0, 0.05) is 60.3 Å². The Morgan fingerprint density at radius 3 is 2.65 bits per heavy atom. The number of nitrogens with one attached hydrogen (secondary N) is 1. The molecule has 3 aromatic heterocycles. The predicted octanol–water partition coefficient (Wildman–Crippen LogP) is 4.96. The van der Waals surface area contributed by atoms with Gasteiger partial charge in [-0.15, -0.1) is 0 Å². The van der Waals surface area contributed by atoms with Gasteiger partial charge in [0.05, 0.1) is 17.3 Å². The lowest BCUT2D eigenvalue weighted by atomic mass is 9.82. The number of rotatable bonds is 4. The van der Waals surface area contributed by atoms with Crippen LogP contribution in [0.3, 0.4) is 0 Å². The first-order valence-electron chi connectivity index (χ1n) is 12.0. The highest BCUT2D eigenvalue weighted by molar-refractivity contribution is 5.82. The number of aryl methyl sites for hydroxylation is 1. The fourth-order valence-corrected chi connectivity index (χ4v) is 5.96.